The number of anilines is 1. The van der Waals surface area contributed by atoms with Crippen LogP contribution in [0.5, 0.6) is 0 Å². The first kappa shape index (κ1) is 14.6. The summed E-state index contributed by atoms with van der Waals surface area (Å²) in [4.78, 5) is 25.8. The van der Waals surface area contributed by atoms with E-state index in [9.17, 15) is 19.3 Å². The number of nitro groups is 1. The van der Waals surface area contributed by atoms with Crippen LogP contribution in [0.4, 0.5) is 15.8 Å². The summed E-state index contributed by atoms with van der Waals surface area (Å²) in [5.41, 5.74) is -0.621. The largest absolute Gasteiger partial charge is 0.316 e. The highest BCUT2D eigenvalue weighted by molar-refractivity contribution is 6.01. The molecule has 21 heavy (non-hydrogen) atoms. The van der Waals surface area contributed by atoms with Gasteiger partial charge in [0.25, 0.3) is 11.6 Å². The Balaban J connectivity index is 2.18. The maximum absolute atomic E-state index is 13.5. The number of carbonyl (C=O) groups excluding carboxylic acids is 1. The van der Waals surface area contributed by atoms with E-state index in [1.165, 1.54) is 0 Å². The highest BCUT2D eigenvalue weighted by Gasteiger charge is 2.17. The molecule has 0 aliphatic heterocycles. The van der Waals surface area contributed by atoms with Gasteiger partial charge in [-0.15, -0.1) is 5.10 Å². The minimum atomic E-state index is -0.779. The van der Waals surface area contributed by atoms with Crippen molar-refractivity contribution in [2.45, 2.75) is 19.8 Å². The van der Waals surface area contributed by atoms with Gasteiger partial charge < -0.3 is 5.32 Å². The highest BCUT2D eigenvalue weighted by atomic mass is 19.1. The Bertz CT molecular complexity index is 685. The number of halogens is 1. The van der Waals surface area contributed by atoms with Crippen LogP contribution in [0.3, 0.4) is 0 Å². The molecule has 0 bridgehead atoms. The molecule has 0 saturated carbocycles. The molecule has 0 fully saturated rings. The third-order valence-electron chi connectivity index (χ3n) is 2.63. The molecular weight excluding hydrogens is 281 g/mol. The fourth-order valence-corrected chi connectivity index (χ4v) is 1.65. The van der Waals surface area contributed by atoms with Gasteiger partial charge in [-0.25, -0.2) is 9.37 Å². The lowest BCUT2D eigenvalue weighted by Gasteiger charge is -2.03. The quantitative estimate of drug-likeness (QED) is 0.647. The topological polar surface area (TPSA) is 114 Å². The number of benzene rings is 1. The number of rotatable bonds is 5. The van der Waals surface area contributed by atoms with Gasteiger partial charge in [-0.1, -0.05) is 6.92 Å². The zero-order chi connectivity index (χ0) is 15.4. The minimum Gasteiger partial charge on any atom is -0.316 e. The summed E-state index contributed by atoms with van der Waals surface area (Å²) in [6.45, 7) is 1.95. The van der Waals surface area contributed by atoms with Crippen LogP contribution in [0.1, 0.15) is 29.8 Å². The Morgan fingerprint density at radius 2 is 2.29 bits per heavy atom. The summed E-state index contributed by atoms with van der Waals surface area (Å²) >= 11 is 0. The molecule has 0 aliphatic carbocycles. The fourth-order valence-electron chi connectivity index (χ4n) is 1.65. The number of nitrogens with one attached hydrogen (secondary N) is 2. The van der Waals surface area contributed by atoms with Gasteiger partial charge in [0.05, 0.1) is 10.6 Å². The molecule has 0 spiro atoms. The van der Waals surface area contributed by atoms with E-state index in [0.717, 1.165) is 24.6 Å². The van der Waals surface area contributed by atoms with E-state index in [-0.39, 0.29) is 17.2 Å². The molecule has 2 N–H and O–H groups in total. The fraction of sp³-hybridized carbons (Fsp3) is 0.250. The third kappa shape index (κ3) is 3.38. The Morgan fingerprint density at radius 1 is 1.52 bits per heavy atom. The predicted molar refractivity (Wildman–Crippen MR) is 71.4 cm³/mol. The number of hydrogen-bond donors (Lipinski definition) is 2. The number of carbonyl (C=O) groups is 1. The van der Waals surface area contributed by atoms with Crippen LogP contribution in [0, 0.1) is 15.9 Å². The first-order valence-electron chi connectivity index (χ1n) is 6.17. The zero-order valence-electron chi connectivity index (χ0n) is 11.1. The van der Waals surface area contributed by atoms with Gasteiger partial charge in [-0.05, 0) is 12.5 Å². The van der Waals surface area contributed by atoms with Crippen molar-refractivity contribution >= 4 is 17.3 Å². The highest BCUT2D eigenvalue weighted by Crippen LogP contribution is 2.21. The predicted octanol–water partition coefficient (Wildman–Crippen LogP) is 2.06. The van der Waals surface area contributed by atoms with Crippen LogP contribution in [-0.2, 0) is 6.42 Å². The normalized spacial score (nSPS) is 10.4. The van der Waals surface area contributed by atoms with Gasteiger partial charge in [-0.3, -0.25) is 20.0 Å². The molecule has 1 heterocycles. The van der Waals surface area contributed by atoms with Gasteiger partial charge in [0, 0.05) is 18.6 Å². The molecular formula is C12H12FN5O3. The number of aromatic amines is 1. The molecule has 9 heteroatoms. The Morgan fingerprint density at radius 3 is 2.95 bits per heavy atom. The number of hydrogen-bond acceptors (Lipinski definition) is 5. The molecule has 0 atom stereocenters. The summed E-state index contributed by atoms with van der Waals surface area (Å²) in [6, 6.07) is 2.86. The van der Waals surface area contributed by atoms with Crippen LogP contribution >= 0.6 is 0 Å². The van der Waals surface area contributed by atoms with E-state index in [4.69, 9.17) is 0 Å². The molecule has 0 saturated heterocycles. The van der Waals surface area contributed by atoms with Crippen LogP contribution in [0.15, 0.2) is 18.2 Å². The first-order valence-corrected chi connectivity index (χ1v) is 6.17. The Labute approximate surface area is 118 Å². The van der Waals surface area contributed by atoms with Gasteiger partial charge >= 0.3 is 0 Å². The average molecular weight is 293 g/mol. The summed E-state index contributed by atoms with van der Waals surface area (Å²) in [5.74, 6) is -1.13. The Kier molecular flexibility index (Phi) is 4.21. The van der Waals surface area contributed by atoms with E-state index in [2.05, 4.69) is 20.5 Å². The van der Waals surface area contributed by atoms with E-state index in [0.29, 0.717) is 12.2 Å². The van der Waals surface area contributed by atoms with E-state index in [1.807, 2.05) is 6.92 Å². The maximum Gasteiger partial charge on any atom is 0.295 e. The molecule has 8 nitrogen and oxygen atoms in total. The standard InChI is InChI=1S/C12H12FN5O3/c1-2-3-10-15-11(17-16-10)12(19)14-9-6-7(18(20)21)4-5-8(9)13/h4-6H,2-3H2,1H3,(H,14,19)(H,15,16,17). The molecule has 1 amide bonds. The number of amides is 1. The van der Waals surface area contributed by atoms with Crippen LogP contribution in [-0.4, -0.2) is 26.0 Å². The molecule has 2 rings (SSSR count). The zero-order valence-corrected chi connectivity index (χ0v) is 11.1. The van der Waals surface area contributed by atoms with Gasteiger partial charge in [-0.2, -0.15) is 0 Å². The average Bonchev–Trinajstić information content (AvgIpc) is 2.90. The van der Waals surface area contributed by atoms with E-state index < -0.39 is 16.6 Å². The van der Waals surface area contributed by atoms with Crippen molar-refractivity contribution in [1.82, 2.24) is 15.2 Å². The van der Waals surface area contributed by atoms with Gasteiger partial charge in [0.1, 0.15) is 11.6 Å². The minimum absolute atomic E-state index is 0.149. The number of non-ortho nitro benzene ring substituents is 1. The van der Waals surface area contributed by atoms with Gasteiger partial charge in [0.15, 0.2) is 0 Å². The van der Waals surface area contributed by atoms with Crippen molar-refractivity contribution in [3.8, 4) is 0 Å². The van der Waals surface area contributed by atoms with Crippen molar-refractivity contribution in [2.24, 2.45) is 0 Å². The second kappa shape index (κ2) is 6.07. The molecule has 2 aromatic rings. The molecule has 0 unspecified atom stereocenters. The molecule has 0 radical (unpaired) electrons. The summed E-state index contributed by atoms with van der Waals surface area (Å²) in [5, 5.41) is 19.2. The first-order chi connectivity index (χ1) is 10.0. The van der Waals surface area contributed by atoms with Crippen LogP contribution < -0.4 is 5.32 Å². The van der Waals surface area contributed by atoms with Crippen LogP contribution in [0.2, 0.25) is 0 Å². The number of nitrogens with zero attached hydrogens (tertiary/aromatic N) is 3. The van der Waals surface area contributed by atoms with Crippen molar-refractivity contribution in [3.63, 3.8) is 0 Å². The second-order valence-electron chi connectivity index (χ2n) is 4.23. The number of aryl methyl sites for hydroxylation is 1. The maximum atomic E-state index is 13.5. The number of H-pyrrole nitrogens is 1. The second-order valence-corrected chi connectivity index (χ2v) is 4.23. The van der Waals surface area contributed by atoms with Crippen molar-refractivity contribution < 1.29 is 14.1 Å². The molecule has 1 aromatic heterocycles. The van der Waals surface area contributed by atoms with E-state index >= 15 is 0 Å². The molecule has 0 aliphatic rings. The van der Waals surface area contributed by atoms with Crippen molar-refractivity contribution in [1.29, 1.82) is 0 Å². The molecule has 110 valence electrons. The number of nitro benzene ring substituents is 1. The lowest BCUT2D eigenvalue weighted by atomic mass is 10.2. The third-order valence-corrected chi connectivity index (χ3v) is 2.63. The SMILES string of the molecule is CCCc1nc(C(=O)Nc2cc([N+](=O)[O-])ccc2F)n[nH]1. The van der Waals surface area contributed by atoms with E-state index in [1.54, 1.807) is 0 Å². The van der Waals surface area contributed by atoms with Crippen molar-refractivity contribution in [3.05, 3.63) is 45.8 Å². The smallest absolute Gasteiger partial charge is 0.295 e. The van der Waals surface area contributed by atoms with Gasteiger partial charge in [0.2, 0.25) is 5.82 Å². The number of aromatic nitrogens is 3. The van der Waals surface area contributed by atoms with Crippen molar-refractivity contribution in [2.75, 3.05) is 5.32 Å². The lowest BCUT2D eigenvalue weighted by molar-refractivity contribution is -0.384. The summed E-state index contributed by atoms with van der Waals surface area (Å²) in [7, 11) is 0. The van der Waals surface area contributed by atoms with Crippen LogP contribution in [0.25, 0.3) is 0 Å². The summed E-state index contributed by atoms with van der Waals surface area (Å²) in [6.07, 6.45) is 1.46. The Hall–Kier alpha value is -2.84. The monoisotopic (exact) mass is 293 g/mol. The molecule has 1 aromatic carbocycles. The summed E-state index contributed by atoms with van der Waals surface area (Å²) < 4.78 is 13.5. The lowest BCUT2D eigenvalue weighted by Crippen LogP contribution is -2.15.